The van der Waals surface area contributed by atoms with Crippen LogP contribution in [-0.2, 0) is 14.9 Å². The van der Waals surface area contributed by atoms with Gasteiger partial charge in [0.1, 0.15) is 6.04 Å². The molecule has 0 aliphatic rings. The first-order chi connectivity index (χ1) is 8.32. The predicted octanol–water partition coefficient (Wildman–Crippen LogP) is -0.836. The Labute approximate surface area is 114 Å². The van der Waals surface area contributed by atoms with E-state index in [0.29, 0.717) is 0 Å². The van der Waals surface area contributed by atoms with Crippen molar-refractivity contribution in [3.05, 3.63) is 0 Å². The van der Waals surface area contributed by atoms with Gasteiger partial charge in [0.05, 0.1) is 6.10 Å². The van der Waals surface area contributed by atoms with Crippen LogP contribution in [0.25, 0.3) is 0 Å². The second-order valence-corrected chi connectivity index (χ2v) is 6.10. The number of aliphatic hydroxyl groups is 1. The molecule has 0 fully saturated rings. The molecule has 0 aromatic heterocycles. The smallest absolute Gasteiger partial charge is 0.320 e. The van der Waals surface area contributed by atoms with Crippen molar-refractivity contribution in [3.8, 4) is 0 Å². The molecule has 0 amide bonds. The number of aliphatic hydroxyl groups excluding tert-OH is 1. The number of carbonyl (C=O) groups is 1. The molecule has 0 aromatic carbocycles. The second-order valence-electron chi connectivity index (χ2n) is 4.59. The van der Waals surface area contributed by atoms with Gasteiger partial charge in [-0.3, -0.25) is 19.1 Å². The minimum absolute atomic E-state index is 0.380. The lowest BCUT2D eigenvalue weighted by atomic mass is 10.3. The normalized spacial score (nSPS) is 16.5. The molecule has 0 heterocycles. The van der Waals surface area contributed by atoms with Gasteiger partial charge in [-0.1, -0.05) is 0 Å². The molecular formula is C10H24N2O6S. The second kappa shape index (κ2) is 8.43. The Kier molecular flexibility index (Phi) is 9.13. The van der Waals surface area contributed by atoms with Crippen LogP contribution in [0.2, 0.25) is 0 Å². The predicted molar refractivity (Wildman–Crippen MR) is 71.5 cm³/mol. The minimum atomic E-state index is -4.19. The molecule has 0 aliphatic carbocycles. The molecule has 0 saturated heterocycles. The van der Waals surface area contributed by atoms with E-state index >= 15 is 0 Å². The fourth-order valence-electron chi connectivity index (χ4n) is 1.17. The van der Waals surface area contributed by atoms with Crippen LogP contribution in [-0.4, -0.2) is 84.7 Å². The molecule has 0 rings (SSSR count). The van der Waals surface area contributed by atoms with E-state index in [1.807, 2.05) is 0 Å². The molecule has 19 heavy (non-hydrogen) atoms. The average molecular weight is 300 g/mol. The standard InChI is InChI=1S/C5H13NO4S.C5H11NO2/c1-4(7)5(6(2)3)11(8,9)10;1-4(5(7)8)6(2)3/h4-5,7H,1-3H3,(H,8,9,10);4H,1-3H3,(H,7,8). The Morgan fingerprint density at radius 3 is 1.42 bits per heavy atom. The fraction of sp³-hybridized carbons (Fsp3) is 0.900. The maximum Gasteiger partial charge on any atom is 0.320 e. The van der Waals surface area contributed by atoms with Gasteiger partial charge in [0.2, 0.25) is 0 Å². The average Bonchev–Trinajstić information content (AvgIpc) is 2.12. The summed E-state index contributed by atoms with van der Waals surface area (Å²) in [5, 5.41) is 16.0. The molecule has 3 unspecified atom stereocenters. The SMILES string of the molecule is CC(C(=O)O)N(C)C.CC(O)C(N(C)C)S(=O)(=O)O. The summed E-state index contributed by atoms with van der Waals surface area (Å²) in [6.45, 7) is 2.95. The molecule has 9 heteroatoms. The number of rotatable bonds is 5. The van der Waals surface area contributed by atoms with Crippen LogP contribution in [0.1, 0.15) is 13.8 Å². The first-order valence-corrected chi connectivity index (χ1v) is 7.02. The summed E-state index contributed by atoms with van der Waals surface area (Å²) in [5.74, 6) is -0.782. The summed E-state index contributed by atoms with van der Waals surface area (Å²) in [4.78, 5) is 13.0. The monoisotopic (exact) mass is 300 g/mol. The highest BCUT2D eigenvalue weighted by molar-refractivity contribution is 7.86. The zero-order valence-corrected chi connectivity index (χ0v) is 12.9. The Morgan fingerprint density at radius 1 is 1.05 bits per heavy atom. The van der Waals surface area contributed by atoms with Gasteiger partial charge in [-0.25, -0.2) is 0 Å². The summed E-state index contributed by atoms with van der Waals surface area (Å²) in [6.07, 6.45) is -1.11. The Hall–Kier alpha value is -0.740. The number of hydrogen-bond donors (Lipinski definition) is 3. The van der Waals surface area contributed by atoms with Crippen LogP contribution in [0, 0.1) is 0 Å². The van der Waals surface area contributed by atoms with Crippen LogP contribution < -0.4 is 0 Å². The third kappa shape index (κ3) is 8.89. The molecule has 0 aliphatic heterocycles. The van der Waals surface area contributed by atoms with Crippen LogP contribution in [0.3, 0.4) is 0 Å². The molecule has 0 spiro atoms. The van der Waals surface area contributed by atoms with E-state index in [2.05, 4.69) is 0 Å². The largest absolute Gasteiger partial charge is 0.480 e. The van der Waals surface area contributed by atoms with Crippen molar-refractivity contribution in [2.75, 3.05) is 28.2 Å². The molecule has 0 bridgehead atoms. The molecular weight excluding hydrogens is 276 g/mol. The van der Waals surface area contributed by atoms with Gasteiger partial charge in [0.25, 0.3) is 10.1 Å². The summed E-state index contributed by atoms with van der Waals surface area (Å²) in [7, 11) is 2.21. The summed E-state index contributed by atoms with van der Waals surface area (Å²) in [5.41, 5.74) is 0. The van der Waals surface area contributed by atoms with Crippen molar-refractivity contribution in [2.45, 2.75) is 31.4 Å². The molecule has 3 atom stereocenters. The van der Waals surface area contributed by atoms with E-state index in [1.54, 1.807) is 25.9 Å². The van der Waals surface area contributed by atoms with Crippen molar-refractivity contribution in [1.82, 2.24) is 9.80 Å². The van der Waals surface area contributed by atoms with Crippen molar-refractivity contribution in [3.63, 3.8) is 0 Å². The molecule has 0 aromatic rings. The summed E-state index contributed by atoms with van der Waals surface area (Å²) < 4.78 is 29.7. The summed E-state index contributed by atoms with van der Waals surface area (Å²) >= 11 is 0. The van der Waals surface area contributed by atoms with Crippen molar-refractivity contribution in [1.29, 1.82) is 0 Å². The van der Waals surface area contributed by atoms with E-state index < -0.39 is 27.6 Å². The number of nitrogens with zero attached hydrogens (tertiary/aromatic N) is 2. The highest BCUT2D eigenvalue weighted by atomic mass is 32.2. The van der Waals surface area contributed by atoms with Crippen LogP contribution in [0.15, 0.2) is 0 Å². The van der Waals surface area contributed by atoms with Gasteiger partial charge >= 0.3 is 5.97 Å². The minimum Gasteiger partial charge on any atom is -0.480 e. The first kappa shape index (κ1) is 20.6. The van der Waals surface area contributed by atoms with Crippen LogP contribution in [0.4, 0.5) is 0 Å². The molecule has 3 N–H and O–H groups in total. The van der Waals surface area contributed by atoms with E-state index in [-0.39, 0.29) is 6.04 Å². The Bertz CT molecular complexity index is 358. The van der Waals surface area contributed by atoms with E-state index in [9.17, 15) is 13.2 Å². The zero-order valence-electron chi connectivity index (χ0n) is 12.1. The number of aliphatic carboxylic acids is 1. The van der Waals surface area contributed by atoms with Crippen molar-refractivity contribution >= 4 is 16.1 Å². The fourth-order valence-corrected chi connectivity index (χ4v) is 2.20. The van der Waals surface area contributed by atoms with Crippen molar-refractivity contribution < 1.29 is 28.0 Å². The topological polar surface area (TPSA) is 118 Å². The Morgan fingerprint density at radius 2 is 1.42 bits per heavy atom. The maximum absolute atomic E-state index is 10.6. The lowest BCUT2D eigenvalue weighted by Gasteiger charge is -2.23. The van der Waals surface area contributed by atoms with Gasteiger partial charge < -0.3 is 10.2 Å². The van der Waals surface area contributed by atoms with E-state index in [1.165, 1.54) is 25.9 Å². The number of hydrogen-bond acceptors (Lipinski definition) is 6. The van der Waals surface area contributed by atoms with Crippen molar-refractivity contribution in [2.24, 2.45) is 0 Å². The molecule has 0 saturated carbocycles. The highest BCUT2D eigenvalue weighted by Crippen LogP contribution is 2.06. The van der Waals surface area contributed by atoms with E-state index in [4.69, 9.17) is 14.8 Å². The molecule has 8 nitrogen and oxygen atoms in total. The quantitative estimate of drug-likeness (QED) is 0.563. The lowest BCUT2D eigenvalue weighted by molar-refractivity contribution is -0.141. The van der Waals surface area contributed by atoms with Gasteiger partial charge in [0.15, 0.2) is 5.37 Å². The van der Waals surface area contributed by atoms with Crippen LogP contribution in [0.5, 0.6) is 0 Å². The van der Waals surface area contributed by atoms with Crippen LogP contribution >= 0.6 is 0 Å². The Balaban J connectivity index is 0. The lowest BCUT2D eigenvalue weighted by Crippen LogP contribution is -2.43. The van der Waals surface area contributed by atoms with Gasteiger partial charge in [0, 0.05) is 0 Å². The number of likely N-dealkylation sites (N-methyl/N-ethyl adjacent to an activating group) is 2. The van der Waals surface area contributed by atoms with E-state index in [0.717, 1.165) is 0 Å². The zero-order chi connectivity index (χ0) is 16.0. The third-order valence-corrected chi connectivity index (χ3v) is 3.78. The summed E-state index contributed by atoms with van der Waals surface area (Å²) in [6, 6.07) is -0.380. The molecule has 0 radical (unpaired) electrons. The molecule has 116 valence electrons. The van der Waals surface area contributed by atoms with Gasteiger partial charge in [-0.05, 0) is 42.0 Å². The number of carboxylic acids is 1. The maximum atomic E-state index is 10.6. The number of carboxylic acid groups (broad SMARTS) is 1. The van der Waals surface area contributed by atoms with Gasteiger partial charge in [-0.2, -0.15) is 8.42 Å². The van der Waals surface area contributed by atoms with Gasteiger partial charge in [-0.15, -0.1) is 0 Å². The highest BCUT2D eigenvalue weighted by Gasteiger charge is 2.29. The first-order valence-electron chi connectivity index (χ1n) is 5.52. The third-order valence-electron chi connectivity index (χ3n) is 2.36.